The summed E-state index contributed by atoms with van der Waals surface area (Å²) in [5.41, 5.74) is 0.778. The molecule has 9 nitrogen and oxygen atoms in total. The van der Waals surface area contributed by atoms with Crippen molar-refractivity contribution in [1.29, 1.82) is 0 Å². The van der Waals surface area contributed by atoms with E-state index >= 15 is 0 Å². The number of amides is 2. The second kappa shape index (κ2) is 8.55. The summed E-state index contributed by atoms with van der Waals surface area (Å²) in [5, 5.41) is 7.36. The molecule has 1 aromatic carbocycles. The first-order valence-corrected chi connectivity index (χ1v) is 10.7. The second-order valence-corrected chi connectivity index (χ2v) is 8.85. The van der Waals surface area contributed by atoms with Crippen molar-refractivity contribution in [2.75, 3.05) is 46.7 Å². The minimum absolute atomic E-state index is 0.202. The van der Waals surface area contributed by atoms with Gasteiger partial charge in [0, 0.05) is 19.0 Å². The molecule has 1 saturated carbocycles. The third-order valence-electron chi connectivity index (χ3n) is 6.40. The van der Waals surface area contributed by atoms with E-state index in [2.05, 4.69) is 27.4 Å². The highest BCUT2D eigenvalue weighted by molar-refractivity contribution is 6.32. The summed E-state index contributed by atoms with van der Waals surface area (Å²) in [4.78, 5) is 21.1. The van der Waals surface area contributed by atoms with Gasteiger partial charge in [0.15, 0.2) is 5.82 Å². The van der Waals surface area contributed by atoms with Crippen LogP contribution < -0.4 is 14.8 Å². The Balaban J connectivity index is 1.37. The van der Waals surface area contributed by atoms with E-state index in [9.17, 15) is 4.79 Å². The molecule has 1 atom stereocenters. The van der Waals surface area contributed by atoms with Crippen molar-refractivity contribution in [1.82, 2.24) is 19.9 Å². The minimum Gasteiger partial charge on any atom is -0.495 e. The zero-order chi connectivity index (χ0) is 22.2. The van der Waals surface area contributed by atoms with E-state index in [-0.39, 0.29) is 12.6 Å². The number of hydrogen-bond acceptors (Lipinski definition) is 7. The van der Waals surface area contributed by atoms with Gasteiger partial charge in [0.1, 0.15) is 18.0 Å². The Hall–Kier alpha value is -2.52. The number of carbonyl (C=O) groups is 1. The van der Waals surface area contributed by atoms with E-state index in [1.54, 1.807) is 19.2 Å². The van der Waals surface area contributed by atoms with Crippen LogP contribution in [0, 0.1) is 5.41 Å². The average Bonchev–Trinajstić information content (AvgIpc) is 3.26. The lowest BCUT2D eigenvalue weighted by Gasteiger charge is -2.29. The highest BCUT2D eigenvalue weighted by Crippen LogP contribution is 2.64. The molecule has 10 heteroatoms. The van der Waals surface area contributed by atoms with Crippen LogP contribution in [0.5, 0.6) is 11.5 Å². The fourth-order valence-electron chi connectivity index (χ4n) is 4.25. The summed E-state index contributed by atoms with van der Waals surface area (Å²) >= 11 is 6.18. The Morgan fingerprint density at radius 2 is 2.03 bits per heavy atom. The maximum absolute atomic E-state index is 12.7. The van der Waals surface area contributed by atoms with Crippen LogP contribution in [0.1, 0.15) is 36.9 Å². The number of carbonyl (C=O) groups excluding carboxylic acids is 1. The van der Waals surface area contributed by atoms with Gasteiger partial charge in [-0.15, -0.1) is 0 Å². The molecule has 2 fully saturated rings. The number of rotatable bonds is 6. The fourth-order valence-corrected chi connectivity index (χ4v) is 4.49. The standard InChI is InChI=1S/C21H28ClN5O4/c1-26-7-5-21(6-8-26)11-13(21)19-24-18(31-25-19)12-27(2)20(28)23-15-9-14(22)16(29-3)10-17(15)30-4/h9-10,13H,5-8,11-12H2,1-4H3,(H,23,28). The number of hydrogen-bond donors (Lipinski definition) is 1. The number of piperidine rings is 1. The number of nitrogens with zero attached hydrogens (tertiary/aromatic N) is 4. The lowest BCUT2D eigenvalue weighted by molar-refractivity contribution is 0.199. The minimum atomic E-state index is -0.350. The van der Waals surface area contributed by atoms with Crippen LogP contribution in [-0.2, 0) is 6.54 Å². The van der Waals surface area contributed by atoms with E-state index in [1.807, 2.05) is 0 Å². The Morgan fingerprint density at radius 1 is 1.32 bits per heavy atom. The predicted molar refractivity (Wildman–Crippen MR) is 116 cm³/mol. The van der Waals surface area contributed by atoms with Crippen molar-refractivity contribution < 1.29 is 18.8 Å². The Morgan fingerprint density at radius 3 is 2.71 bits per heavy atom. The maximum atomic E-state index is 12.7. The highest BCUT2D eigenvalue weighted by atomic mass is 35.5. The van der Waals surface area contributed by atoms with E-state index in [1.165, 1.54) is 32.0 Å². The van der Waals surface area contributed by atoms with Crippen LogP contribution >= 0.6 is 11.6 Å². The number of likely N-dealkylation sites (tertiary alicyclic amines) is 1. The number of halogens is 1. The Kier molecular flexibility index (Phi) is 5.98. The van der Waals surface area contributed by atoms with Crippen LogP contribution in [0.3, 0.4) is 0 Å². The molecule has 1 aliphatic carbocycles. The van der Waals surface area contributed by atoms with E-state index < -0.39 is 0 Å². The van der Waals surface area contributed by atoms with Crippen LogP contribution in [0.15, 0.2) is 16.7 Å². The normalized spacial score (nSPS) is 19.8. The smallest absolute Gasteiger partial charge is 0.322 e. The van der Waals surface area contributed by atoms with Crippen molar-refractivity contribution in [2.45, 2.75) is 31.7 Å². The number of anilines is 1. The molecule has 1 unspecified atom stereocenters. The molecule has 2 aromatic rings. The molecule has 1 saturated heterocycles. The van der Waals surface area contributed by atoms with Gasteiger partial charge in [-0.1, -0.05) is 16.8 Å². The summed E-state index contributed by atoms with van der Waals surface area (Å²) in [7, 11) is 6.85. The van der Waals surface area contributed by atoms with E-state index in [0.717, 1.165) is 25.3 Å². The molecule has 1 spiro atoms. The highest BCUT2D eigenvalue weighted by Gasteiger charge is 2.57. The molecule has 2 amide bonds. The van der Waals surface area contributed by atoms with Crippen molar-refractivity contribution in [3.8, 4) is 11.5 Å². The molecule has 0 radical (unpaired) electrons. The molecule has 0 bridgehead atoms. The third-order valence-corrected chi connectivity index (χ3v) is 6.70. The molecule has 31 heavy (non-hydrogen) atoms. The van der Waals surface area contributed by atoms with Crippen LogP contribution in [-0.4, -0.2) is 67.4 Å². The maximum Gasteiger partial charge on any atom is 0.322 e. The molecule has 1 N–H and O–H groups in total. The number of urea groups is 1. The fraction of sp³-hybridized carbons (Fsp3) is 0.571. The number of nitrogens with one attached hydrogen (secondary N) is 1. The van der Waals surface area contributed by atoms with Gasteiger partial charge in [-0.2, -0.15) is 4.98 Å². The molecule has 1 aliphatic heterocycles. The van der Waals surface area contributed by atoms with Gasteiger partial charge in [-0.25, -0.2) is 4.79 Å². The first-order valence-electron chi connectivity index (χ1n) is 10.3. The molecule has 168 valence electrons. The van der Waals surface area contributed by atoms with Gasteiger partial charge >= 0.3 is 6.03 Å². The average molecular weight is 450 g/mol. The van der Waals surface area contributed by atoms with Crippen molar-refractivity contribution in [3.63, 3.8) is 0 Å². The van der Waals surface area contributed by atoms with Gasteiger partial charge < -0.3 is 29.1 Å². The lowest BCUT2D eigenvalue weighted by atomic mass is 9.91. The van der Waals surface area contributed by atoms with Crippen LogP contribution in [0.4, 0.5) is 10.5 Å². The lowest BCUT2D eigenvalue weighted by Crippen LogP contribution is -2.31. The van der Waals surface area contributed by atoms with Gasteiger partial charge in [0.05, 0.1) is 24.9 Å². The zero-order valence-corrected chi connectivity index (χ0v) is 19.0. The number of benzene rings is 1. The van der Waals surface area contributed by atoms with Crippen molar-refractivity contribution in [2.24, 2.45) is 5.41 Å². The summed E-state index contributed by atoms with van der Waals surface area (Å²) in [6.07, 6.45) is 3.47. The first kappa shape index (κ1) is 21.7. The Bertz CT molecular complexity index is 957. The second-order valence-electron chi connectivity index (χ2n) is 8.44. The molecular weight excluding hydrogens is 422 g/mol. The summed E-state index contributed by atoms with van der Waals surface area (Å²) in [6.45, 7) is 2.43. The third kappa shape index (κ3) is 4.43. The van der Waals surface area contributed by atoms with Crippen molar-refractivity contribution in [3.05, 3.63) is 28.9 Å². The topological polar surface area (TPSA) is 93.0 Å². The van der Waals surface area contributed by atoms with E-state index in [4.69, 9.17) is 25.6 Å². The quantitative estimate of drug-likeness (QED) is 0.720. The summed E-state index contributed by atoms with van der Waals surface area (Å²) in [5.74, 6) is 2.45. The van der Waals surface area contributed by atoms with Crippen LogP contribution in [0.25, 0.3) is 0 Å². The molecule has 2 heterocycles. The largest absolute Gasteiger partial charge is 0.495 e. The number of ether oxygens (including phenoxy) is 2. The zero-order valence-electron chi connectivity index (χ0n) is 18.3. The van der Waals surface area contributed by atoms with Gasteiger partial charge in [-0.05, 0) is 50.9 Å². The summed E-state index contributed by atoms with van der Waals surface area (Å²) in [6, 6.07) is 2.86. The monoisotopic (exact) mass is 449 g/mol. The molecular formula is C21H28ClN5O4. The van der Waals surface area contributed by atoms with Crippen molar-refractivity contribution >= 4 is 23.3 Å². The summed E-state index contributed by atoms with van der Waals surface area (Å²) < 4.78 is 15.9. The van der Waals surface area contributed by atoms with Crippen LogP contribution in [0.2, 0.25) is 5.02 Å². The van der Waals surface area contributed by atoms with Gasteiger partial charge in [0.25, 0.3) is 0 Å². The Labute approximate surface area is 186 Å². The molecule has 1 aromatic heterocycles. The predicted octanol–water partition coefficient (Wildman–Crippen LogP) is 3.60. The molecule has 4 rings (SSSR count). The number of methoxy groups -OCH3 is 2. The first-order chi connectivity index (χ1) is 14.8. The number of aromatic nitrogens is 2. The van der Waals surface area contributed by atoms with E-state index in [0.29, 0.717) is 39.4 Å². The van der Waals surface area contributed by atoms with Gasteiger partial charge in [0.2, 0.25) is 5.89 Å². The molecule has 2 aliphatic rings. The van der Waals surface area contributed by atoms with Gasteiger partial charge in [-0.3, -0.25) is 0 Å². The SMILES string of the molecule is COc1cc(OC)c(NC(=O)N(C)Cc2nc(C3CC34CCN(C)CC4)no2)cc1Cl.